The molecule has 1 aliphatic heterocycles. The number of amides is 2. The van der Waals surface area contributed by atoms with Crippen LogP contribution in [0.5, 0.6) is 0 Å². The topological polar surface area (TPSA) is 54.5 Å². The summed E-state index contributed by atoms with van der Waals surface area (Å²) in [6.07, 6.45) is 0.363. The second-order valence-corrected chi connectivity index (χ2v) is 8.19. The molecule has 0 unspecified atom stereocenters. The molecule has 0 spiro atoms. The van der Waals surface area contributed by atoms with Gasteiger partial charge in [-0.1, -0.05) is 42.0 Å². The highest BCUT2D eigenvalue weighted by atomic mass is 16.2. The molecule has 6 rings (SSSR count). The predicted molar refractivity (Wildman–Crippen MR) is 102 cm³/mol. The van der Waals surface area contributed by atoms with E-state index >= 15 is 0 Å². The van der Waals surface area contributed by atoms with Gasteiger partial charge in [0.2, 0.25) is 11.8 Å². The van der Waals surface area contributed by atoms with Gasteiger partial charge in [-0.05, 0) is 43.0 Å². The minimum absolute atomic E-state index is 0.0975. The molecule has 136 valence electrons. The van der Waals surface area contributed by atoms with Gasteiger partial charge < -0.3 is 0 Å². The first kappa shape index (κ1) is 16.4. The Kier molecular flexibility index (Phi) is 3.27. The van der Waals surface area contributed by atoms with Gasteiger partial charge in [-0.25, -0.2) is 4.90 Å². The Labute approximate surface area is 158 Å². The van der Waals surface area contributed by atoms with Crippen LogP contribution in [0.4, 0.5) is 5.69 Å². The van der Waals surface area contributed by atoms with Crippen molar-refractivity contribution in [2.75, 3.05) is 4.90 Å². The average molecular weight is 359 g/mol. The van der Waals surface area contributed by atoms with Gasteiger partial charge in [-0.3, -0.25) is 14.4 Å². The van der Waals surface area contributed by atoms with Crippen molar-refractivity contribution in [3.8, 4) is 0 Å². The highest BCUT2D eigenvalue weighted by Crippen LogP contribution is 2.58. The van der Waals surface area contributed by atoms with Crippen molar-refractivity contribution in [3.63, 3.8) is 0 Å². The summed E-state index contributed by atoms with van der Waals surface area (Å²) in [6, 6.07) is 11.8. The molecule has 27 heavy (non-hydrogen) atoms. The number of carbonyl (C=O) groups is 3. The van der Waals surface area contributed by atoms with Crippen LogP contribution in [-0.4, -0.2) is 17.6 Å². The molecule has 2 aromatic carbocycles. The molecule has 1 saturated carbocycles. The molecule has 2 fully saturated rings. The first-order valence-electron chi connectivity index (χ1n) is 9.47. The van der Waals surface area contributed by atoms with Crippen LogP contribution in [0.1, 0.15) is 46.1 Å². The molecule has 1 heterocycles. The monoisotopic (exact) mass is 359 g/mol. The second-order valence-electron chi connectivity index (χ2n) is 8.19. The van der Waals surface area contributed by atoms with E-state index in [4.69, 9.17) is 0 Å². The Morgan fingerprint density at radius 1 is 0.852 bits per heavy atom. The summed E-state index contributed by atoms with van der Waals surface area (Å²) in [6.45, 7) is 5.88. The van der Waals surface area contributed by atoms with Crippen molar-refractivity contribution in [1.29, 1.82) is 0 Å². The van der Waals surface area contributed by atoms with Crippen molar-refractivity contribution < 1.29 is 14.4 Å². The smallest absolute Gasteiger partial charge is 0.238 e. The summed E-state index contributed by atoms with van der Waals surface area (Å²) in [5.74, 6) is -1.90. The van der Waals surface area contributed by atoms with Gasteiger partial charge in [0, 0.05) is 12.3 Å². The van der Waals surface area contributed by atoms with E-state index in [9.17, 15) is 14.4 Å². The Morgan fingerprint density at radius 3 is 2.11 bits per heavy atom. The van der Waals surface area contributed by atoms with E-state index in [0.717, 1.165) is 27.8 Å². The molecular formula is C23H21NO3. The third-order valence-corrected chi connectivity index (χ3v) is 6.55. The number of hydrogen-bond donors (Lipinski definition) is 0. The predicted octanol–water partition coefficient (Wildman–Crippen LogP) is 3.57. The standard InChI is InChI=1S/C23H21NO3/c1-11-8-12(2)21(13(3)9-11)24-22(26)19-16-10-17(25)18(20(19)23(24)27)15-7-5-4-6-14(15)16/h4-9,16,18-20H,10H2,1-3H3/t16-,18+,19-,20-/m1/s1. The van der Waals surface area contributed by atoms with Crippen LogP contribution in [0.3, 0.4) is 0 Å². The highest BCUT2D eigenvalue weighted by Gasteiger charge is 2.62. The molecule has 0 aromatic heterocycles. The van der Waals surface area contributed by atoms with Gasteiger partial charge >= 0.3 is 0 Å². The summed E-state index contributed by atoms with van der Waals surface area (Å²) < 4.78 is 0. The van der Waals surface area contributed by atoms with E-state index < -0.39 is 17.8 Å². The van der Waals surface area contributed by atoms with Crippen LogP contribution in [0, 0.1) is 32.6 Å². The first-order chi connectivity index (χ1) is 12.9. The fourth-order valence-corrected chi connectivity index (χ4v) is 5.70. The van der Waals surface area contributed by atoms with Crippen LogP contribution in [0.15, 0.2) is 36.4 Å². The lowest BCUT2D eigenvalue weighted by molar-refractivity contribution is -0.134. The Balaban J connectivity index is 1.68. The van der Waals surface area contributed by atoms with E-state index in [1.807, 2.05) is 57.2 Å². The van der Waals surface area contributed by atoms with E-state index in [2.05, 4.69) is 0 Å². The summed E-state index contributed by atoms with van der Waals surface area (Å²) in [4.78, 5) is 41.0. The van der Waals surface area contributed by atoms with E-state index in [1.54, 1.807) is 0 Å². The van der Waals surface area contributed by atoms with E-state index in [0.29, 0.717) is 12.1 Å². The number of Topliss-reactive ketones (excluding diaryl/α,β-unsaturated/α-hetero) is 1. The fourth-order valence-electron chi connectivity index (χ4n) is 5.70. The molecule has 4 aliphatic rings. The number of fused-ring (bicyclic) bond motifs is 1. The number of hydrogen-bond acceptors (Lipinski definition) is 3. The number of anilines is 1. The second kappa shape index (κ2) is 5.38. The van der Waals surface area contributed by atoms with Crippen molar-refractivity contribution >= 4 is 23.3 Å². The van der Waals surface area contributed by atoms with Gasteiger partial charge in [-0.2, -0.15) is 0 Å². The maximum atomic E-state index is 13.4. The van der Waals surface area contributed by atoms with Gasteiger partial charge in [-0.15, -0.1) is 0 Å². The summed E-state index contributed by atoms with van der Waals surface area (Å²) in [5, 5.41) is 0. The first-order valence-corrected chi connectivity index (χ1v) is 9.47. The van der Waals surface area contributed by atoms with Crippen LogP contribution in [0.2, 0.25) is 0 Å². The molecule has 2 aromatic rings. The summed E-state index contributed by atoms with van der Waals surface area (Å²) in [7, 11) is 0. The molecule has 1 saturated heterocycles. The molecular weight excluding hydrogens is 338 g/mol. The van der Waals surface area contributed by atoms with Crippen molar-refractivity contribution in [2.45, 2.75) is 39.0 Å². The maximum Gasteiger partial charge on any atom is 0.238 e. The summed E-state index contributed by atoms with van der Waals surface area (Å²) in [5.41, 5.74) is 5.66. The number of rotatable bonds is 1. The number of benzene rings is 2. The van der Waals surface area contributed by atoms with Crippen LogP contribution < -0.4 is 4.90 Å². The Hall–Kier alpha value is -2.75. The maximum absolute atomic E-state index is 13.4. The molecule has 4 nitrogen and oxygen atoms in total. The Bertz CT molecular complexity index is 1010. The van der Waals surface area contributed by atoms with E-state index in [1.165, 1.54) is 4.90 Å². The number of nitrogens with zero attached hydrogens (tertiary/aromatic N) is 1. The lowest BCUT2D eigenvalue weighted by atomic mass is 9.56. The lowest BCUT2D eigenvalue weighted by Crippen LogP contribution is -2.44. The van der Waals surface area contributed by atoms with Gasteiger partial charge in [0.15, 0.2) is 0 Å². The zero-order chi connectivity index (χ0) is 19.0. The quantitative estimate of drug-likeness (QED) is 0.732. The van der Waals surface area contributed by atoms with Crippen molar-refractivity contribution in [1.82, 2.24) is 0 Å². The normalized spacial score (nSPS) is 28.6. The zero-order valence-electron chi connectivity index (χ0n) is 15.7. The minimum atomic E-state index is -0.557. The highest BCUT2D eigenvalue weighted by molar-refractivity contribution is 6.25. The van der Waals surface area contributed by atoms with Crippen LogP contribution >= 0.6 is 0 Å². The molecule has 0 N–H and O–H groups in total. The van der Waals surface area contributed by atoms with Crippen LogP contribution in [-0.2, 0) is 14.4 Å². The largest absolute Gasteiger partial charge is 0.299 e. The van der Waals surface area contributed by atoms with Crippen molar-refractivity contribution in [3.05, 3.63) is 64.2 Å². The Morgan fingerprint density at radius 2 is 1.44 bits per heavy atom. The average Bonchev–Trinajstić information content (AvgIpc) is 2.87. The van der Waals surface area contributed by atoms with Gasteiger partial charge in [0.25, 0.3) is 0 Å². The minimum Gasteiger partial charge on any atom is -0.299 e. The van der Waals surface area contributed by atoms with Crippen molar-refractivity contribution in [2.24, 2.45) is 11.8 Å². The van der Waals surface area contributed by atoms with Gasteiger partial charge in [0.1, 0.15) is 5.78 Å². The third kappa shape index (κ3) is 2.01. The number of imide groups is 1. The third-order valence-electron chi connectivity index (χ3n) is 6.55. The number of aryl methyl sites for hydroxylation is 3. The molecule has 2 bridgehead atoms. The number of ketones is 1. The molecule has 0 radical (unpaired) electrons. The SMILES string of the molecule is Cc1cc(C)c(N2C(=O)[C@H]3[C@H](C2=O)[C@@H]2C(=O)C[C@@H]3c3ccccc32)c(C)c1. The fraction of sp³-hybridized carbons (Fsp3) is 0.348. The molecule has 2 amide bonds. The van der Waals surface area contributed by atoms with Crippen LogP contribution in [0.25, 0.3) is 0 Å². The summed E-state index contributed by atoms with van der Waals surface area (Å²) >= 11 is 0. The molecule has 4 heteroatoms. The van der Waals surface area contributed by atoms with E-state index in [-0.39, 0.29) is 23.5 Å². The lowest BCUT2D eigenvalue weighted by Gasteiger charge is -2.43. The molecule has 3 aliphatic carbocycles. The van der Waals surface area contributed by atoms with Gasteiger partial charge in [0.05, 0.1) is 23.4 Å². The number of carbonyl (C=O) groups excluding carboxylic acids is 3. The zero-order valence-corrected chi connectivity index (χ0v) is 15.7. The molecule has 4 atom stereocenters.